The van der Waals surface area contributed by atoms with E-state index in [9.17, 15) is 9.18 Å². The minimum Gasteiger partial charge on any atom is -0.464 e. The van der Waals surface area contributed by atoms with E-state index in [1.54, 1.807) is 37.6 Å². The molecule has 0 radical (unpaired) electrons. The van der Waals surface area contributed by atoms with Gasteiger partial charge in [0.15, 0.2) is 6.04 Å². The summed E-state index contributed by atoms with van der Waals surface area (Å²) in [6.45, 7) is 4.59. The molecule has 2 aromatic rings. The van der Waals surface area contributed by atoms with E-state index in [4.69, 9.17) is 4.74 Å². The van der Waals surface area contributed by atoms with Crippen LogP contribution in [0.3, 0.4) is 0 Å². The van der Waals surface area contributed by atoms with E-state index in [1.807, 2.05) is 11.5 Å². The molecule has 0 saturated carbocycles. The maximum absolute atomic E-state index is 13.8. The summed E-state index contributed by atoms with van der Waals surface area (Å²) < 4.78 is 20.7. The van der Waals surface area contributed by atoms with Gasteiger partial charge in [0.05, 0.1) is 30.5 Å². The van der Waals surface area contributed by atoms with Gasteiger partial charge in [-0.3, -0.25) is 0 Å². The molecule has 21 heavy (non-hydrogen) atoms. The number of nitrogens with one attached hydrogen (secondary N) is 1. The number of benzene rings is 1. The quantitative estimate of drug-likeness (QED) is 0.831. The van der Waals surface area contributed by atoms with Gasteiger partial charge in [0.2, 0.25) is 0 Å². The van der Waals surface area contributed by atoms with Gasteiger partial charge in [-0.25, -0.2) is 14.2 Å². The number of rotatable bonds is 6. The average Bonchev–Trinajstić information content (AvgIpc) is 2.94. The Hall–Kier alpha value is -2.37. The second-order valence-electron chi connectivity index (χ2n) is 4.41. The molecular formula is C15H18FN3O2. The Morgan fingerprint density at radius 2 is 2.19 bits per heavy atom. The number of aryl methyl sites for hydroxylation is 1. The van der Waals surface area contributed by atoms with Crippen LogP contribution < -0.4 is 5.32 Å². The Morgan fingerprint density at radius 1 is 1.43 bits per heavy atom. The highest BCUT2D eigenvalue weighted by molar-refractivity contribution is 5.80. The van der Waals surface area contributed by atoms with Gasteiger partial charge in [0.1, 0.15) is 5.82 Å². The van der Waals surface area contributed by atoms with Crippen molar-refractivity contribution in [2.24, 2.45) is 0 Å². The van der Waals surface area contributed by atoms with Gasteiger partial charge in [-0.2, -0.15) is 0 Å². The molecule has 1 unspecified atom stereocenters. The van der Waals surface area contributed by atoms with Crippen molar-refractivity contribution in [1.82, 2.24) is 9.55 Å². The lowest BCUT2D eigenvalue weighted by molar-refractivity contribution is -0.144. The number of nitrogens with zero attached hydrogens (tertiary/aromatic N) is 2. The van der Waals surface area contributed by atoms with Crippen LogP contribution in [0.5, 0.6) is 0 Å². The summed E-state index contributed by atoms with van der Waals surface area (Å²) in [7, 11) is 0. The van der Waals surface area contributed by atoms with Gasteiger partial charge >= 0.3 is 5.97 Å². The number of imidazole rings is 1. The summed E-state index contributed by atoms with van der Waals surface area (Å²) in [5.74, 6) is -0.884. The van der Waals surface area contributed by atoms with Crippen molar-refractivity contribution < 1.29 is 13.9 Å². The highest BCUT2D eigenvalue weighted by Crippen LogP contribution is 2.23. The molecule has 0 aliphatic rings. The number of anilines is 1. The van der Waals surface area contributed by atoms with Crippen LogP contribution in [0, 0.1) is 5.82 Å². The topological polar surface area (TPSA) is 56.1 Å². The molecule has 0 saturated heterocycles. The molecule has 1 heterocycles. The first-order valence-electron chi connectivity index (χ1n) is 6.85. The second kappa shape index (κ2) is 6.88. The molecule has 0 aliphatic carbocycles. The smallest absolute Gasteiger partial charge is 0.334 e. The predicted octanol–water partition coefficient (Wildman–Crippen LogP) is 2.76. The van der Waals surface area contributed by atoms with E-state index in [-0.39, 0.29) is 12.3 Å². The number of esters is 1. The molecule has 1 atom stereocenters. The van der Waals surface area contributed by atoms with Crippen LogP contribution in [0.25, 0.3) is 0 Å². The molecule has 1 N–H and O–H groups in total. The lowest BCUT2D eigenvalue weighted by Crippen LogP contribution is -2.26. The molecule has 0 spiro atoms. The first-order chi connectivity index (χ1) is 10.2. The highest BCUT2D eigenvalue weighted by atomic mass is 19.1. The summed E-state index contributed by atoms with van der Waals surface area (Å²) in [6.07, 6.45) is 3.21. The van der Waals surface area contributed by atoms with Gasteiger partial charge in [-0.1, -0.05) is 12.1 Å². The molecular weight excluding hydrogens is 273 g/mol. The van der Waals surface area contributed by atoms with E-state index in [2.05, 4.69) is 10.3 Å². The van der Waals surface area contributed by atoms with Crippen molar-refractivity contribution in [3.63, 3.8) is 0 Å². The average molecular weight is 291 g/mol. The standard InChI is InChI=1S/C15H18FN3O2/c1-3-19-10-17-9-13(19)14(15(20)21-4-2)18-12-8-6-5-7-11(12)16/h5-10,14,18H,3-4H2,1-2H3. The number of para-hydroxylation sites is 1. The third kappa shape index (κ3) is 3.39. The molecule has 2 rings (SSSR count). The lowest BCUT2D eigenvalue weighted by atomic mass is 10.2. The molecule has 0 amide bonds. The predicted molar refractivity (Wildman–Crippen MR) is 77.3 cm³/mol. The zero-order valence-corrected chi connectivity index (χ0v) is 12.0. The Bertz CT molecular complexity index is 612. The van der Waals surface area contributed by atoms with Crippen LogP contribution in [0.4, 0.5) is 10.1 Å². The number of carbonyl (C=O) groups excluding carboxylic acids is 1. The fourth-order valence-electron chi connectivity index (χ4n) is 2.05. The largest absolute Gasteiger partial charge is 0.464 e. The SMILES string of the molecule is CCOC(=O)C(Nc1ccccc1F)c1cncn1CC. The molecule has 5 nitrogen and oxygen atoms in total. The number of hydrogen-bond donors (Lipinski definition) is 1. The van der Waals surface area contributed by atoms with Crippen LogP contribution in [-0.2, 0) is 16.1 Å². The van der Waals surface area contributed by atoms with Crippen molar-refractivity contribution in [2.45, 2.75) is 26.4 Å². The first-order valence-corrected chi connectivity index (χ1v) is 6.85. The second-order valence-corrected chi connectivity index (χ2v) is 4.41. The summed E-state index contributed by atoms with van der Waals surface area (Å²) in [6, 6.07) is 5.40. The number of halogens is 1. The van der Waals surface area contributed by atoms with Gasteiger partial charge in [0, 0.05) is 6.54 Å². The summed E-state index contributed by atoms with van der Waals surface area (Å²) in [4.78, 5) is 16.2. The minimum atomic E-state index is -0.802. The zero-order valence-electron chi connectivity index (χ0n) is 12.0. The molecule has 0 bridgehead atoms. The van der Waals surface area contributed by atoms with Crippen molar-refractivity contribution >= 4 is 11.7 Å². The van der Waals surface area contributed by atoms with Crippen LogP contribution in [0.1, 0.15) is 25.6 Å². The fraction of sp³-hybridized carbons (Fsp3) is 0.333. The van der Waals surface area contributed by atoms with Gasteiger partial charge in [-0.05, 0) is 26.0 Å². The van der Waals surface area contributed by atoms with E-state index in [1.165, 1.54) is 6.07 Å². The van der Waals surface area contributed by atoms with E-state index < -0.39 is 17.8 Å². The van der Waals surface area contributed by atoms with Crippen molar-refractivity contribution in [2.75, 3.05) is 11.9 Å². The van der Waals surface area contributed by atoms with Crippen LogP contribution in [0.15, 0.2) is 36.8 Å². The Kier molecular flexibility index (Phi) is 4.92. The first kappa shape index (κ1) is 15.0. The van der Waals surface area contributed by atoms with Crippen molar-refractivity contribution in [3.05, 3.63) is 48.3 Å². The number of aromatic nitrogens is 2. The van der Waals surface area contributed by atoms with E-state index in [0.717, 1.165) is 0 Å². The maximum atomic E-state index is 13.8. The third-order valence-corrected chi connectivity index (χ3v) is 3.08. The monoisotopic (exact) mass is 291 g/mol. The van der Waals surface area contributed by atoms with Gasteiger partial charge in [0.25, 0.3) is 0 Å². The van der Waals surface area contributed by atoms with Crippen LogP contribution >= 0.6 is 0 Å². The lowest BCUT2D eigenvalue weighted by Gasteiger charge is -2.19. The number of hydrogen-bond acceptors (Lipinski definition) is 4. The highest BCUT2D eigenvalue weighted by Gasteiger charge is 2.26. The normalized spacial score (nSPS) is 12.0. The Labute approximate surface area is 122 Å². The van der Waals surface area contributed by atoms with Gasteiger partial charge < -0.3 is 14.6 Å². The zero-order chi connectivity index (χ0) is 15.2. The van der Waals surface area contributed by atoms with Gasteiger partial charge in [-0.15, -0.1) is 0 Å². The molecule has 0 aliphatic heterocycles. The third-order valence-electron chi connectivity index (χ3n) is 3.08. The number of ether oxygens (including phenoxy) is 1. The van der Waals surface area contributed by atoms with Crippen LogP contribution in [0.2, 0.25) is 0 Å². The Balaban J connectivity index is 2.33. The van der Waals surface area contributed by atoms with E-state index in [0.29, 0.717) is 12.2 Å². The summed E-state index contributed by atoms with van der Waals surface area (Å²) in [5.41, 5.74) is 0.888. The molecule has 0 fully saturated rings. The number of carbonyl (C=O) groups is 1. The van der Waals surface area contributed by atoms with Crippen molar-refractivity contribution in [1.29, 1.82) is 0 Å². The minimum absolute atomic E-state index is 0.249. The Morgan fingerprint density at radius 3 is 2.86 bits per heavy atom. The fourth-order valence-corrected chi connectivity index (χ4v) is 2.05. The molecule has 1 aromatic heterocycles. The molecule has 1 aromatic carbocycles. The van der Waals surface area contributed by atoms with Crippen molar-refractivity contribution in [3.8, 4) is 0 Å². The molecule has 6 heteroatoms. The summed E-state index contributed by atoms with van der Waals surface area (Å²) >= 11 is 0. The van der Waals surface area contributed by atoms with E-state index >= 15 is 0 Å². The molecule has 112 valence electrons. The van der Waals surface area contributed by atoms with Crippen LogP contribution in [-0.4, -0.2) is 22.1 Å². The summed E-state index contributed by atoms with van der Waals surface area (Å²) in [5, 5.41) is 2.90. The maximum Gasteiger partial charge on any atom is 0.334 e.